The van der Waals surface area contributed by atoms with Crippen LogP contribution >= 0.6 is 11.8 Å². The van der Waals surface area contributed by atoms with E-state index in [0.29, 0.717) is 0 Å². The molecule has 0 radical (unpaired) electrons. The van der Waals surface area contributed by atoms with Gasteiger partial charge in [-0.25, -0.2) is 4.68 Å². The van der Waals surface area contributed by atoms with Crippen molar-refractivity contribution in [2.24, 2.45) is 0 Å². The Balaban J connectivity index is 1.83. The van der Waals surface area contributed by atoms with Crippen LogP contribution < -0.4 is 10.2 Å². The van der Waals surface area contributed by atoms with Crippen LogP contribution in [0.1, 0.15) is 16.8 Å². The van der Waals surface area contributed by atoms with Gasteiger partial charge in [-0.2, -0.15) is 0 Å². The highest BCUT2D eigenvalue weighted by Crippen LogP contribution is 2.38. The van der Waals surface area contributed by atoms with Crippen molar-refractivity contribution in [3.8, 4) is 5.75 Å². The lowest BCUT2D eigenvalue weighted by Gasteiger charge is -2.11. The third kappa shape index (κ3) is 1.74. The minimum atomic E-state index is 0.185. The highest BCUT2D eigenvalue weighted by Gasteiger charge is 2.26. The molecule has 88 valence electrons. The first kappa shape index (κ1) is 10.5. The fraction of sp³-hybridized carbons (Fsp3) is 0.273. The molecule has 1 aliphatic rings. The molecule has 0 bridgehead atoms. The summed E-state index contributed by atoms with van der Waals surface area (Å²) in [6.07, 6.45) is 0. The van der Waals surface area contributed by atoms with Crippen molar-refractivity contribution < 1.29 is 4.74 Å². The molecular weight excluding hydrogens is 236 g/mol. The second-order valence-corrected chi connectivity index (χ2v) is 4.84. The molecule has 1 aromatic heterocycles. The van der Waals surface area contributed by atoms with E-state index >= 15 is 0 Å². The normalized spacial score (nSPS) is 17.6. The van der Waals surface area contributed by atoms with Gasteiger partial charge in [-0.15, -0.1) is 10.2 Å². The standard InChI is InChI=1S/C11H12N4OS/c1-7-12-13-11-15(7)14-10(17-11)8-3-5-9(16-2)6-4-8/h3-6,10,14H,1-2H3. The van der Waals surface area contributed by atoms with Crippen molar-refractivity contribution in [2.45, 2.75) is 17.5 Å². The second-order valence-electron chi connectivity index (χ2n) is 3.77. The first-order chi connectivity index (χ1) is 8.28. The van der Waals surface area contributed by atoms with Crippen LogP contribution in [0.25, 0.3) is 0 Å². The van der Waals surface area contributed by atoms with Gasteiger partial charge >= 0.3 is 0 Å². The number of nitrogens with one attached hydrogen (secondary N) is 1. The fourth-order valence-electron chi connectivity index (χ4n) is 1.74. The Labute approximate surface area is 103 Å². The van der Waals surface area contributed by atoms with Crippen molar-refractivity contribution in [1.29, 1.82) is 0 Å². The monoisotopic (exact) mass is 248 g/mol. The predicted molar refractivity (Wildman–Crippen MR) is 65.7 cm³/mol. The summed E-state index contributed by atoms with van der Waals surface area (Å²) in [4.78, 5) is 0. The van der Waals surface area contributed by atoms with Crippen molar-refractivity contribution >= 4 is 11.8 Å². The van der Waals surface area contributed by atoms with Crippen LogP contribution in [0.2, 0.25) is 0 Å². The highest BCUT2D eigenvalue weighted by molar-refractivity contribution is 7.99. The zero-order valence-corrected chi connectivity index (χ0v) is 10.4. The molecule has 3 rings (SSSR count). The molecule has 2 aromatic rings. The van der Waals surface area contributed by atoms with Crippen LogP contribution in [0.15, 0.2) is 29.4 Å². The zero-order chi connectivity index (χ0) is 11.8. The minimum Gasteiger partial charge on any atom is -0.497 e. The maximum Gasteiger partial charge on any atom is 0.212 e. The third-order valence-electron chi connectivity index (χ3n) is 2.68. The molecule has 5 nitrogen and oxygen atoms in total. The molecule has 0 aliphatic carbocycles. The molecule has 2 heterocycles. The van der Waals surface area contributed by atoms with Crippen LogP contribution in [0.4, 0.5) is 0 Å². The second kappa shape index (κ2) is 3.96. The molecule has 0 saturated heterocycles. The van der Waals surface area contributed by atoms with E-state index in [1.165, 1.54) is 5.56 Å². The van der Waals surface area contributed by atoms with Gasteiger partial charge in [0, 0.05) is 0 Å². The summed E-state index contributed by atoms with van der Waals surface area (Å²) in [6.45, 7) is 1.93. The van der Waals surface area contributed by atoms with Crippen molar-refractivity contribution in [3.63, 3.8) is 0 Å². The Hall–Kier alpha value is -1.69. The maximum atomic E-state index is 5.14. The summed E-state index contributed by atoms with van der Waals surface area (Å²) in [5, 5.41) is 9.19. The highest BCUT2D eigenvalue weighted by atomic mass is 32.2. The van der Waals surface area contributed by atoms with E-state index in [9.17, 15) is 0 Å². The van der Waals surface area contributed by atoms with E-state index in [1.807, 2.05) is 23.7 Å². The molecule has 0 fully saturated rings. The number of hydrogen-bond acceptors (Lipinski definition) is 5. The molecule has 17 heavy (non-hydrogen) atoms. The van der Waals surface area contributed by atoms with Gasteiger partial charge in [0.25, 0.3) is 0 Å². The van der Waals surface area contributed by atoms with Gasteiger partial charge in [0.2, 0.25) is 5.16 Å². The van der Waals surface area contributed by atoms with E-state index in [4.69, 9.17) is 4.74 Å². The van der Waals surface area contributed by atoms with Gasteiger partial charge in [0.1, 0.15) is 16.9 Å². The zero-order valence-electron chi connectivity index (χ0n) is 9.54. The lowest BCUT2D eigenvalue weighted by atomic mass is 10.2. The van der Waals surface area contributed by atoms with E-state index in [2.05, 4.69) is 27.8 Å². The van der Waals surface area contributed by atoms with Crippen LogP contribution in [0, 0.1) is 6.92 Å². The predicted octanol–water partition coefficient (Wildman–Crippen LogP) is 1.94. The topological polar surface area (TPSA) is 52.0 Å². The molecule has 1 atom stereocenters. The number of aryl methyl sites for hydroxylation is 1. The average Bonchev–Trinajstić information content (AvgIpc) is 2.92. The van der Waals surface area contributed by atoms with Crippen LogP contribution in [0.3, 0.4) is 0 Å². The Morgan fingerprint density at radius 3 is 2.71 bits per heavy atom. The van der Waals surface area contributed by atoms with Gasteiger partial charge in [0.15, 0.2) is 0 Å². The number of hydrogen-bond donors (Lipinski definition) is 1. The molecule has 1 unspecified atom stereocenters. The van der Waals surface area contributed by atoms with Gasteiger partial charge in [-0.1, -0.05) is 23.9 Å². The smallest absolute Gasteiger partial charge is 0.212 e. The summed E-state index contributed by atoms with van der Waals surface area (Å²) >= 11 is 1.66. The van der Waals surface area contributed by atoms with Gasteiger partial charge in [-0.05, 0) is 24.6 Å². The SMILES string of the molecule is COc1ccc(C2Nn3c(C)nnc3S2)cc1. The summed E-state index contributed by atoms with van der Waals surface area (Å²) in [5.41, 5.74) is 4.55. The number of ether oxygens (including phenoxy) is 1. The Morgan fingerprint density at radius 1 is 1.29 bits per heavy atom. The van der Waals surface area contributed by atoms with Crippen molar-refractivity contribution in [1.82, 2.24) is 14.9 Å². The Kier molecular flexibility index (Phi) is 2.44. The fourth-order valence-corrected chi connectivity index (χ4v) is 2.78. The lowest BCUT2D eigenvalue weighted by Crippen LogP contribution is -2.13. The van der Waals surface area contributed by atoms with Gasteiger partial charge < -0.3 is 10.2 Å². The molecule has 0 saturated carbocycles. The number of benzene rings is 1. The number of aromatic nitrogens is 3. The van der Waals surface area contributed by atoms with E-state index in [0.717, 1.165) is 16.7 Å². The number of rotatable bonds is 2. The molecule has 1 aliphatic heterocycles. The first-order valence-corrected chi connectivity index (χ1v) is 6.15. The van der Waals surface area contributed by atoms with Crippen molar-refractivity contribution in [3.05, 3.63) is 35.7 Å². The maximum absolute atomic E-state index is 5.14. The number of nitrogens with zero attached hydrogens (tertiary/aromatic N) is 3. The van der Waals surface area contributed by atoms with Crippen LogP contribution in [-0.2, 0) is 0 Å². The van der Waals surface area contributed by atoms with Gasteiger partial charge in [0.05, 0.1) is 7.11 Å². The lowest BCUT2D eigenvalue weighted by molar-refractivity contribution is 0.414. The summed E-state index contributed by atoms with van der Waals surface area (Å²) in [6, 6.07) is 8.03. The molecular formula is C11H12N4OS. The number of fused-ring (bicyclic) bond motifs is 1. The summed E-state index contributed by atoms with van der Waals surface area (Å²) in [7, 11) is 1.67. The first-order valence-electron chi connectivity index (χ1n) is 5.27. The quantitative estimate of drug-likeness (QED) is 0.880. The molecule has 0 amide bonds. The number of thioether (sulfide) groups is 1. The van der Waals surface area contributed by atoms with E-state index < -0.39 is 0 Å². The molecule has 1 aromatic carbocycles. The summed E-state index contributed by atoms with van der Waals surface area (Å²) < 4.78 is 7.06. The minimum absolute atomic E-state index is 0.185. The summed E-state index contributed by atoms with van der Waals surface area (Å²) in [5.74, 6) is 1.75. The average molecular weight is 248 g/mol. The van der Waals surface area contributed by atoms with Crippen LogP contribution in [-0.4, -0.2) is 22.0 Å². The Bertz CT molecular complexity index is 537. The molecule has 0 spiro atoms. The van der Waals surface area contributed by atoms with Crippen LogP contribution in [0.5, 0.6) is 5.75 Å². The van der Waals surface area contributed by atoms with E-state index in [1.54, 1.807) is 18.9 Å². The number of methoxy groups -OCH3 is 1. The van der Waals surface area contributed by atoms with Gasteiger partial charge in [-0.3, -0.25) is 0 Å². The van der Waals surface area contributed by atoms with Crippen molar-refractivity contribution in [2.75, 3.05) is 12.5 Å². The molecule has 1 N–H and O–H groups in total. The largest absolute Gasteiger partial charge is 0.497 e. The third-order valence-corrected chi connectivity index (χ3v) is 3.77. The van der Waals surface area contributed by atoms with E-state index in [-0.39, 0.29) is 5.37 Å². The molecule has 6 heteroatoms. The Morgan fingerprint density at radius 2 is 2.06 bits per heavy atom.